The number of methoxy groups -OCH3 is 1. The highest BCUT2D eigenvalue weighted by atomic mass is 16.5. The normalized spacial score (nSPS) is 12.9. The van der Waals surface area contributed by atoms with Gasteiger partial charge in [-0.2, -0.15) is 10.5 Å². The summed E-state index contributed by atoms with van der Waals surface area (Å²) in [6.07, 6.45) is 1.30. The number of benzene rings is 2. The fraction of sp³-hybridized carbons (Fsp3) is 0.217. The first kappa shape index (κ1) is 21.4. The highest BCUT2D eigenvalue weighted by Gasteiger charge is 2.24. The molecule has 156 valence electrons. The van der Waals surface area contributed by atoms with Crippen LogP contribution < -0.4 is 10.2 Å². The lowest BCUT2D eigenvalue weighted by Crippen LogP contribution is -2.49. The van der Waals surface area contributed by atoms with Crippen molar-refractivity contribution in [3.63, 3.8) is 0 Å². The molecule has 3 rings (SSSR count). The Hall–Kier alpha value is -4.30. The zero-order chi connectivity index (χ0) is 22.2. The fourth-order valence-corrected chi connectivity index (χ4v) is 3.33. The molecule has 0 radical (unpaired) electrons. The second kappa shape index (κ2) is 9.95. The van der Waals surface area contributed by atoms with Crippen molar-refractivity contribution in [1.82, 2.24) is 4.90 Å². The van der Waals surface area contributed by atoms with Crippen LogP contribution in [0.4, 0.5) is 11.4 Å². The van der Waals surface area contributed by atoms with Gasteiger partial charge in [-0.05, 0) is 30.3 Å². The minimum Gasteiger partial charge on any atom is -0.465 e. The van der Waals surface area contributed by atoms with Gasteiger partial charge in [0.2, 0.25) is 0 Å². The van der Waals surface area contributed by atoms with Crippen LogP contribution >= 0.6 is 0 Å². The minimum absolute atomic E-state index is 0.00440. The Kier molecular flexibility index (Phi) is 6.87. The second-order valence-corrected chi connectivity index (χ2v) is 6.79. The number of carbonyl (C=O) groups is 2. The largest absolute Gasteiger partial charge is 0.465 e. The van der Waals surface area contributed by atoms with Gasteiger partial charge in [-0.15, -0.1) is 0 Å². The van der Waals surface area contributed by atoms with Gasteiger partial charge in [0, 0.05) is 37.9 Å². The molecule has 1 fully saturated rings. The third-order valence-corrected chi connectivity index (χ3v) is 4.96. The van der Waals surface area contributed by atoms with E-state index < -0.39 is 5.97 Å². The van der Waals surface area contributed by atoms with E-state index in [-0.39, 0.29) is 11.5 Å². The molecule has 1 aliphatic rings. The molecule has 1 heterocycles. The standard InChI is InChI=1S/C23H21N5O3/c1-31-23(30)19-7-8-21(20(13-19)26-16-17(14-24)15-25)27-9-11-28(12-10-27)22(29)18-5-3-2-4-6-18/h2-8,13,16,26H,9-12H2,1H3. The van der Waals surface area contributed by atoms with E-state index in [1.165, 1.54) is 13.3 Å². The van der Waals surface area contributed by atoms with E-state index in [2.05, 4.69) is 10.2 Å². The third-order valence-electron chi connectivity index (χ3n) is 4.96. The van der Waals surface area contributed by atoms with Crippen LogP contribution in [0, 0.1) is 22.7 Å². The molecular formula is C23H21N5O3. The Morgan fingerprint density at radius 3 is 2.29 bits per heavy atom. The van der Waals surface area contributed by atoms with Gasteiger partial charge in [0.15, 0.2) is 0 Å². The first-order chi connectivity index (χ1) is 15.1. The summed E-state index contributed by atoms with van der Waals surface area (Å²) in [5.41, 5.74) is 2.27. The molecule has 31 heavy (non-hydrogen) atoms. The lowest BCUT2D eigenvalue weighted by atomic mass is 10.1. The summed E-state index contributed by atoms with van der Waals surface area (Å²) in [5.74, 6) is -0.493. The molecule has 0 aliphatic carbocycles. The maximum atomic E-state index is 12.7. The molecular weight excluding hydrogens is 394 g/mol. The summed E-state index contributed by atoms with van der Waals surface area (Å²) in [6.45, 7) is 2.28. The molecule has 8 heteroatoms. The maximum absolute atomic E-state index is 12.7. The molecule has 1 N–H and O–H groups in total. The third kappa shape index (κ3) is 5.01. The first-order valence-electron chi connectivity index (χ1n) is 9.66. The number of anilines is 2. The van der Waals surface area contributed by atoms with Crippen molar-refractivity contribution in [2.45, 2.75) is 0 Å². The number of carbonyl (C=O) groups excluding carboxylic acids is 2. The van der Waals surface area contributed by atoms with Crippen LogP contribution in [0.5, 0.6) is 0 Å². The number of nitriles is 2. The number of amides is 1. The van der Waals surface area contributed by atoms with Crippen molar-refractivity contribution < 1.29 is 14.3 Å². The molecule has 0 spiro atoms. The Balaban J connectivity index is 1.79. The van der Waals surface area contributed by atoms with Crippen LogP contribution in [0.1, 0.15) is 20.7 Å². The number of esters is 1. The van der Waals surface area contributed by atoms with Crippen molar-refractivity contribution in [3.05, 3.63) is 71.4 Å². The Morgan fingerprint density at radius 2 is 1.68 bits per heavy atom. The number of hydrogen-bond acceptors (Lipinski definition) is 7. The van der Waals surface area contributed by atoms with E-state index in [1.807, 2.05) is 23.1 Å². The molecule has 2 aromatic rings. The topological polar surface area (TPSA) is 109 Å². The molecule has 0 aromatic heterocycles. The zero-order valence-electron chi connectivity index (χ0n) is 17.0. The van der Waals surface area contributed by atoms with E-state index in [1.54, 1.807) is 42.5 Å². The summed E-state index contributed by atoms with van der Waals surface area (Å²) >= 11 is 0. The summed E-state index contributed by atoms with van der Waals surface area (Å²) in [4.78, 5) is 28.5. The van der Waals surface area contributed by atoms with Crippen molar-refractivity contribution in [1.29, 1.82) is 10.5 Å². The van der Waals surface area contributed by atoms with Gasteiger partial charge in [0.05, 0.1) is 24.0 Å². The average molecular weight is 415 g/mol. The van der Waals surface area contributed by atoms with Crippen LogP contribution in [-0.2, 0) is 4.74 Å². The van der Waals surface area contributed by atoms with Gasteiger partial charge in [-0.1, -0.05) is 18.2 Å². The van der Waals surface area contributed by atoms with Gasteiger partial charge < -0.3 is 19.9 Å². The highest BCUT2D eigenvalue weighted by molar-refractivity contribution is 5.94. The predicted molar refractivity (Wildman–Crippen MR) is 115 cm³/mol. The van der Waals surface area contributed by atoms with Crippen molar-refractivity contribution in [2.75, 3.05) is 43.5 Å². The van der Waals surface area contributed by atoms with Gasteiger partial charge in [-0.3, -0.25) is 4.79 Å². The SMILES string of the molecule is COC(=O)c1ccc(N2CCN(C(=O)c3ccccc3)CC2)c(NC=C(C#N)C#N)c1. The first-order valence-corrected chi connectivity index (χ1v) is 9.66. The molecule has 1 saturated heterocycles. The van der Waals surface area contributed by atoms with Crippen molar-refractivity contribution in [2.24, 2.45) is 0 Å². The lowest BCUT2D eigenvalue weighted by Gasteiger charge is -2.37. The average Bonchev–Trinajstić information content (AvgIpc) is 2.84. The smallest absolute Gasteiger partial charge is 0.337 e. The number of nitrogens with one attached hydrogen (secondary N) is 1. The zero-order valence-corrected chi connectivity index (χ0v) is 17.0. The van der Waals surface area contributed by atoms with E-state index in [0.717, 1.165) is 5.69 Å². The lowest BCUT2D eigenvalue weighted by molar-refractivity contribution is 0.0600. The van der Waals surface area contributed by atoms with Crippen LogP contribution in [-0.4, -0.2) is 50.1 Å². The van der Waals surface area contributed by atoms with E-state index in [0.29, 0.717) is 43.0 Å². The van der Waals surface area contributed by atoms with Crippen LogP contribution in [0.3, 0.4) is 0 Å². The second-order valence-electron chi connectivity index (χ2n) is 6.79. The molecule has 1 amide bonds. The van der Waals surface area contributed by atoms with E-state index in [4.69, 9.17) is 15.3 Å². The molecule has 0 bridgehead atoms. The van der Waals surface area contributed by atoms with Crippen LogP contribution in [0.25, 0.3) is 0 Å². The van der Waals surface area contributed by atoms with Crippen LogP contribution in [0.15, 0.2) is 60.3 Å². The number of allylic oxidation sites excluding steroid dienone is 1. The predicted octanol–water partition coefficient (Wildman–Crippen LogP) is 2.78. The summed E-state index contributed by atoms with van der Waals surface area (Å²) in [6, 6.07) is 17.8. The molecule has 8 nitrogen and oxygen atoms in total. The number of rotatable bonds is 5. The van der Waals surface area contributed by atoms with Gasteiger partial charge in [0.1, 0.15) is 17.7 Å². The van der Waals surface area contributed by atoms with Gasteiger partial charge in [0.25, 0.3) is 5.91 Å². The van der Waals surface area contributed by atoms with Crippen LogP contribution in [0.2, 0.25) is 0 Å². The fourth-order valence-electron chi connectivity index (χ4n) is 3.33. The number of piperazine rings is 1. The molecule has 1 aliphatic heterocycles. The molecule has 0 saturated carbocycles. The highest BCUT2D eigenvalue weighted by Crippen LogP contribution is 2.29. The molecule has 0 unspecified atom stereocenters. The quantitative estimate of drug-likeness (QED) is 0.591. The van der Waals surface area contributed by atoms with Crippen molar-refractivity contribution in [3.8, 4) is 12.1 Å². The maximum Gasteiger partial charge on any atom is 0.337 e. The minimum atomic E-state index is -0.488. The number of hydrogen-bond donors (Lipinski definition) is 1. The number of nitrogens with zero attached hydrogens (tertiary/aromatic N) is 4. The summed E-state index contributed by atoms with van der Waals surface area (Å²) in [5, 5.41) is 20.9. The van der Waals surface area contributed by atoms with Gasteiger partial charge >= 0.3 is 5.97 Å². The van der Waals surface area contributed by atoms with Gasteiger partial charge in [-0.25, -0.2) is 4.79 Å². The number of ether oxygens (including phenoxy) is 1. The Morgan fingerprint density at radius 1 is 1.00 bits per heavy atom. The van der Waals surface area contributed by atoms with Crippen molar-refractivity contribution >= 4 is 23.3 Å². The monoisotopic (exact) mass is 415 g/mol. The Labute approximate surface area is 180 Å². The summed E-state index contributed by atoms with van der Waals surface area (Å²) < 4.78 is 4.78. The van der Waals surface area contributed by atoms with E-state index >= 15 is 0 Å². The molecule has 2 aromatic carbocycles. The van der Waals surface area contributed by atoms with E-state index in [9.17, 15) is 9.59 Å². The molecule has 0 atom stereocenters. The Bertz CT molecular complexity index is 1060. The summed E-state index contributed by atoms with van der Waals surface area (Å²) in [7, 11) is 1.30.